The number of fused-ring (bicyclic) bond motifs is 1. The average Bonchev–Trinajstić information content (AvgIpc) is 2.92. The van der Waals surface area contributed by atoms with Gasteiger partial charge in [-0.05, 0) is 31.0 Å². The minimum Gasteiger partial charge on any atom is -0.355 e. The number of carbonyl (C=O) groups excluding carboxylic acids is 1. The zero-order valence-corrected chi connectivity index (χ0v) is 16.1. The Balaban J connectivity index is 2.31. The first-order valence-electron chi connectivity index (χ1n) is 8.29. The molecule has 0 fully saturated rings. The molecule has 0 saturated heterocycles. The van der Waals surface area contributed by atoms with Crippen LogP contribution in [0, 0.1) is 0 Å². The van der Waals surface area contributed by atoms with Crippen molar-refractivity contribution < 1.29 is 13.2 Å². The quantitative estimate of drug-likeness (QED) is 0.644. The standard InChI is InChI=1S/C16H24N4O3S2/c1-3-5-9-20-14-7-6-12(25(17,22)23)10-13(14)19-16(20)24-11-15(21)18-8-4-2/h6-7,10H,3-5,8-9,11H2,1-2H3,(H,18,21)(H2,17,22,23). The van der Waals surface area contributed by atoms with Gasteiger partial charge >= 0.3 is 0 Å². The second-order valence-electron chi connectivity index (χ2n) is 5.73. The first kappa shape index (κ1) is 19.7. The van der Waals surface area contributed by atoms with Crippen molar-refractivity contribution in [3.63, 3.8) is 0 Å². The summed E-state index contributed by atoms with van der Waals surface area (Å²) in [6, 6.07) is 4.69. The predicted octanol–water partition coefficient (Wildman–Crippen LogP) is 2.10. The summed E-state index contributed by atoms with van der Waals surface area (Å²) in [5, 5.41) is 8.74. The molecule has 2 rings (SSSR count). The van der Waals surface area contributed by atoms with Gasteiger partial charge in [0.25, 0.3) is 0 Å². The van der Waals surface area contributed by atoms with Crippen molar-refractivity contribution in [2.45, 2.75) is 49.7 Å². The number of hydrogen-bond acceptors (Lipinski definition) is 5. The number of nitrogens with one attached hydrogen (secondary N) is 1. The Hall–Kier alpha value is -1.58. The van der Waals surface area contributed by atoms with Crippen LogP contribution in [0.2, 0.25) is 0 Å². The van der Waals surface area contributed by atoms with Crippen LogP contribution in [0.25, 0.3) is 11.0 Å². The number of thioether (sulfide) groups is 1. The Morgan fingerprint density at radius 3 is 2.72 bits per heavy atom. The highest BCUT2D eigenvalue weighted by atomic mass is 32.2. The fourth-order valence-electron chi connectivity index (χ4n) is 2.35. The lowest BCUT2D eigenvalue weighted by Gasteiger charge is -2.08. The summed E-state index contributed by atoms with van der Waals surface area (Å²) in [4.78, 5) is 16.4. The number of hydrogen-bond donors (Lipinski definition) is 2. The smallest absolute Gasteiger partial charge is 0.238 e. The molecule has 1 aromatic carbocycles. The van der Waals surface area contributed by atoms with E-state index < -0.39 is 10.0 Å². The Morgan fingerprint density at radius 1 is 1.32 bits per heavy atom. The number of nitrogens with zero attached hydrogens (tertiary/aromatic N) is 2. The summed E-state index contributed by atoms with van der Waals surface area (Å²) in [6.07, 6.45) is 2.88. The van der Waals surface area contributed by atoms with Gasteiger partial charge in [0.1, 0.15) is 0 Å². The number of rotatable bonds is 9. The van der Waals surface area contributed by atoms with Gasteiger partial charge in [-0.3, -0.25) is 4.79 Å². The SMILES string of the molecule is CCCCn1c(SCC(=O)NCCC)nc2cc(S(N)(=O)=O)ccc21. The van der Waals surface area contributed by atoms with E-state index in [4.69, 9.17) is 5.14 Å². The van der Waals surface area contributed by atoms with Crippen molar-refractivity contribution in [1.82, 2.24) is 14.9 Å². The van der Waals surface area contributed by atoms with Crippen molar-refractivity contribution in [1.29, 1.82) is 0 Å². The van der Waals surface area contributed by atoms with Crippen LogP contribution in [-0.4, -0.2) is 36.2 Å². The first-order chi connectivity index (χ1) is 11.9. The summed E-state index contributed by atoms with van der Waals surface area (Å²) >= 11 is 1.35. The molecule has 0 bridgehead atoms. The molecule has 1 aromatic heterocycles. The van der Waals surface area contributed by atoms with E-state index in [1.54, 1.807) is 6.07 Å². The summed E-state index contributed by atoms with van der Waals surface area (Å²) in [5.74, 6) is 0.239. The Bertz CT molecular complexity index is 846. The Kier molecular flexibility index (Phi) is 6.86. The third kappa shape index (κ3) is 5.20. The topological polar surface area (TPSA) is 107 Å². The molecule has 9 heteroatoms. The fourth-order valence-corrected chi connectivity index (χ4v) is 3.76. The molecule has 2 aromatic rings. The van der Waals surface area contributed by atoms with Gasteiger partial charge in [-0.15, -0.1) is 0 Å². The molecule has 138 valence electrons. The molecule has 0 radical (unpaired) electrons. The van der Waals surface area contributed by atoms with Crippen LogP contribution in [-0.2, 0) is 21.4 Å². The maximum atomic E-state index is 11.8. The highest BCUT2D eigenvalue weighted by Gasteiger charge is 2.16. The van der Waals surface area contributed by atoms with Gasteiger partial charge in [-0.2, -0.15) is 0 Å². The zero-order chi connectivity index (χ0) is 18.4. The molecule has 25 heavy (non-hydrogen) atoms. The van der Waals surface area contributed by atoms with Gasteiger partial charge in [0.05, 0.1) is 21.7 Å². The number of unbranched alkanes of at least 4 members (excludes halogenated alkanes) is 1. The van der Waals surface area contributed by atoms with E-state index in [9.17, 15) is 13.2 Å². The Morgan fingerprint density at radius 2 is 2.08 bits per heavy atom. The highest BCUT2D eigenvalue weighted by Crippen LogP contribution is 2.26. The zero-order valence-electron chi connectivity index (χ0n) is 14.5. The third-order valence-corrected chi connectivity index (χ3v) is 5.54. The first-order valence-corrected chi connectivity index (χ1v) is 10.8. The summed E-state index contributed by atoms with van der Waals surface area (Å²) in [7, 11) is -3.77. The van der Waals surface area contributed by atoms with E-state index in [-0.39, 0.29) is 16.6 Å². The highest BCUT2D eigenvalue weighted by molar-refractivity contribution is 7.99. The molecular formula is C16H24N4O3S2. The molecule has 0 aliphatic rings. The monoisotopic (exact) mass is 384 g/mol. The number of aryl methyl sites for hydroxylation is 1. The lowest BCUT2D eigenvalue weighted by atomic mass is 10.3. The minimum atomic E-state index is -3.77. The molecule has 1 heterocycles. The molecule has 7 nitrogen and oxygen atoms in total. The Labute approximate surface area is 152 Å². The number of amides is 1. The third-order valence-electron chi connectivity index (χ3n) is 3.65. The van der Waals surface area contributed by atoms with Gasteiger partial charge in [-0.1, -0.05) is 32.0 Å². The number of nitrogens with two attached hydrogens (primary N) is 1. The minimum absolute atomic E-state index is 0.0360. The van der Waals surface area contributed by atoms with Crippen LogP contribution >= 0.6 is 11.8 Å². The van der Waals surface area contributed by atoms with Gasteiger partial charge in [0.2, 0.25) is 15.9 Å². The van der Waals surface area contributed by atoms with E-state index in [1.807, 2.05) is 11.5 Å². The lowest BCUT2D eigenvalue weighted by molar-refractivity contribution is -0.118. The van der Waals surface area contributed by atoms with Crippen molar-refractivity contribution >= 4 is 38.7 Å². The number of primary sulfonamides is 1. The maximum Gasteiger partial charge on any atom is 0.238 e. The van der Waals surface area contributed by atoms with E-state index >= 15 is 0 Å². The van der Waals surface area contributed by atoms with Crippen molar-refractivity contribution in [3.8, 4) is 0 Å². The lowest BCUT2D eigenvalue weighted by Crippen LogP contribution is -2.25. The number of aromatic nitrogens is 2. The molecule has 0 unspecified atom stereocenters. The number of benzene rings is 1. The maximum absolute atomic E-state index is 11.8. The van der Waals surface area contributed by atoms with Crippen molar-refractivity contribution in [2.75, 3.05) is 12.3 Å². The number of sulfonamides is 1. The van der Waals surface area contributed by atoms with E-state index in [0.717, 1.165) is 31.3 Å². The molecule has 0 spiro atoms. The van der Waals surface area contributed by atoms with Crippen LogP contribution in [0.5, 0.6) is 0 Å². The number of imidazole rings is 1. The predicted molar refractivity (Wildman–Crippen MR) is 100 cm³/mol. The number of carbonyl (C=O) groups is 1. The van der Waals surface area contributed by atoms with Crippen LogP contribution in [0.3, 0.4) is 0 Å². The second kappa shape index (κ2) is 8.68. The molecule has 0 saturated carbocycles. The molecule has 0 atom stereocenters. The molecular weight excluding hydrogens is 360 g/mol. The van der Waals surface area contributed by atoms with Crippen LogP contribution in [0.15, 0.2) is 28.3 Å². The normalized spacial score (nSPS) is 11.8. The van der Waals surface area contributed by atoms with Gasteiger partial charge in [-0.25, -0.2) is 18.5 Å². The molecule has 0 aliphatic heterocycles. The van der Waals surface area contributed by atoms with E-state index in [2.05, 4.69) is 17.2 Å². The van der Waals surface area contributed by atoms with Crippen LogP contribution in [0.1, 0.15) is 33.1 Å². The molecule has 0 aliphatic carbocycles. The van der Waals surface area contributed by atoms with Crippen LogP contribution < -0.4 is 10.5 Å². The second-order valence-corrected chi connectivity index (χ2v) is 8.24. The van der Waals surface area contributed by atoms with E-state index in [1.165, 1.54) is 23.9 Å². The van der Waals surface area contributed by atoms with Gasteiger partial charge < -0.3 is 9.88 Å². The van der Waals surface area contributed by atoms with Crippen LogP contribution in [0.4, 0.5) is 0 Å². The summed E-state index contributed by atoms with van der Waals surface area (Å²) < 4.78 is 25.1. The fraction of sp³-hybridized carbons (Fsp3) is 0.500. The van der Waals surface area contributed by atoms with E-state index in [0.29, 0.717) is 17.2 Å². The molecule has 1 amide bonds. The van der Waals surface area contributed by atoms with Crippen molar-refractivity contribution in [3.05, 3.63) is 18.2 Å². The summed E-state index contributed by atoms with van der Waals surface area (Å²) in [5.41, 5.74) is 1.41. The molecule has 3 N–H and O–H groups in total. The van der Waals surface area contributed by atoms with Gasteiger partial charge in [0, 0.05) is 13.1 Å². The van der Waals surface area contributed by atoms with Crippen molar-refractivity contribution in [2.24, 2.45) is 5.14 Å². The summed E-state index contributed by atoms with van der Waals surface area (Å²) in [6.45, 7) is 5.52. The van der Waals surface area contributed by atoms with Gasteiger partial charge in [0.15, 0.2) is 5.16 Å². The largest absolute Gasteiger partial charge is 0.355 e. The average molecular weight is 385 g/mol.